The Labute approximate surface area is 176 Å². The van der Waals surface area contributed by atoms with Crippen molar-refractivity contribution in [2.75, 3.05) is 0 Å². The molecule has 156 valence electrons. The zero-order valence-electron chi connectivity index (χ0n) is 19.5. The van der Waals surface area contributed by atoms with Crippen LogP contribution in [0.2, 0.25) is 15.1 Å². The lowest BCUT2D eigenvalue weighted by molar-refractivity contribution is 0.0542. The maximum atomic E-state index is 14.2. The minimum absolute atomic E-state index is 0.00675. The minimum atomic E-state index is -2.44. The molecule has 1 nitrogen and oxygen atoms in total. The van der Waals surface area contributed by atoms with Crippen LogP contribution in [0.25, 0.3) is 0 Å². The molecule has 1 aromatic carbocycles. The molecule has 0 saturated carbocycles. The Morgan fingerprint density at radius 3 is 1.56 bits per heavy atom. The second kappa shape index (κ2) is 7.57. The van der Waals surface area contributed by atoms with Gasteiger partial charge in [-0.15, -0.1) is 0 Å². The second-order valence-electron chi connectivity index (χ2n) is 12.0. The van der Waals surface area contributed by atoms with E-state index in [0.29, 0.717) is 0 Å². The SMILES string of the molecule is CC(C)(C)C(O[Si](C(C)(C)C)(C(C)(C)C)C(C)(C)C)c1cc(F)ccc1Br. The van der Waals surface area contributed by atoms with E-state index in [2.05, 4.69) is 99.0 Å². The summed E-state index contributed by atoms with van der Waals surface area (Å²) in [5, 5.41) is 0.0202. The Balaban J connectivity index is 3.80. The molecule has 0 bridgehead atoms. The second-order valence-corrected chi connectivity index (χ2v) is 18.9. The van der Waals surface area contributed by atoms with Crippen LogP contribution in [0.3, 0.4) is 0 Å². The van der Waals surface area contributed by atoms with E-state index in [-0.39, 0.29) is 32.5 Å². The molecule has 1 rings (SSSR count). The Bertz CT molecular complexity index is 621. The molecule has 1 aromatic rings. The van der Waals surface area contributed by atoms with Crippen LogP contribution in [-0.4, -0.2) is 8.32 Å². The molecule has 27 heavy (non-hydrogen) atoms. The molecule has 0 heterocycles. The Morgan fingerprint density at radius 1 is 0.815 bits per heavy atom. The third-order valence-corrected chi connectivity index (χ3v) is 13.1. The fraction of sp³-hybridized carbons (Fsp3) is 0.739. The van der Waals surface area contributed by atoms with Crippen LogP contribution in [-0.2, 0) is 4.43 Å². The van der Waals surface area contributed by atoms with Crippen LogP contribution in [0.15, 0.2) is 22.7 Å². The van der Waals surface area contributed by atoms with Crippen molar-refractivity contribution in [3.8, 4) is 0 Å². The number of benzene rings is 1. The summed E-state index contributed by atoms with van der Waals surface area (Å²) in [7, 11) is -2.44. The third-order valence-electron chi connectivity index (χ3n) is 5.49. The van der Waals surface area contributed by atoms with Crippen molar-refractivity contribution in [3.05, 3.63) is 34.1 Å². The minimum Gasteiger partial charge on any atom is -0.408 e. The Morgan fingerprint density at radius 2 is 1.22 bits per heavy atom. The van der Waals surface area contributed by atoms with E-state index in [4.69, 9.17) is 4.43 Å². The Hall–Kier alpha value is -0.193. The molecule has 0 aliphatic carbocycles. The van der Waals surface area contributed by atoms with Crippen molar-refractivity contribution < 1.29 is 8.82 Å². The highest BCUT2D eigenvalue weighted by Gasteiger charge is 2.63. The van der Waals surface area contributed by atoms with Gasteiger partial charge in [0.15, 0.2) is 0 Å². The molecule has 0 saturated heterocycles. The van der Waals surface area contributed by atoms with Crippen molar-refractivity contribution >= 4 is 24.2 Å². The first-order chi connectivity index (χ1) is 11.8. The highest BCUT2D eigenvalue weighted by atomic mass is 79.9. The lowest BCUT2D eigenvalue weighted by Crippen LogP contribution is -2.62. The van der Waals surface area contributed by atoms with E-state index in [9.17, 15) is 4.39 Å². The van der Waals surface area contributed by atoms with Crippen LogP contribution >= 0.6 is 15.9 Å². The van der Waals surface area contributed by atoms with Gasteiger partial charge in [-0.2, -0.15) is 0 Å². The van der Waals surface area contributed by atoms with E-state index in [0.717, 1.165) is 10.0 Å². The van der Waals surface area contributed by atoms with Gasteiger partial charge in [-0.25, -0.2) is 4.39 Å². The summed E-state index contributed by atoms with van der Waals surface area (Å²) in [5.41, 5.74) is 0.730. The van der Waals surface area contributed by atoms with Gasteiger partial charge in [-0.05, 0) is 44.3 Å². The summed E-state index contributed by atoms with van der Waals surface area (Å²) in [6.07, 6.45) is -0.202. The molecule has 0 spiro atoms. The maximum Gasteiger partial charge on any atom is 0.209 e. The van der Waals surface area contributed by atoms with E-state index in [1.54, 1.807) is 12.1 Å². The molecule has 0 N–H and O–H groups in total. The maximum absolute atomic E-state index is 14.2. The van der Waals surface area contributed by atoms with Crippen molar-refractivity contribution in [2.24, 2.45) is 5.41 Å². The van der Waals surface area contributed by atoms with Gasteiger partial charge >= 0.3 is 0 Å². The average molecular weight is 460 g/mol. The van der Waals surface area contributed by atoms with Gasteiger partial charge in [0.05, 0.1) is 6.10 Å². The van der Waals surface area contributed by atoms with Crippen molar-refractivity contribution in [3.63, 3.8) is 0 Å². The van der Waals surface area contributed by atoms with Gasteiger partial charge in [0.1, 0.15) is 5.82 Å². The molecule has 0 fully saturated rings. The fourth-order valence-electron chi connectivity index (χ4n) is 5.50. The standard InChI is InChI=1S/C23H40BrFOSi/c1-20(2,3)19(17-15-16(25)13-14-18(17)24)26-27(21(4,5)6,22(7,8)9)23(10,11)12/h13-15,19H,1-12H3. The Kier molecular flexibility index (Phi) is 6.96. The summed E-state index contributed by atoms with van der Waals surface area (Å²) in [6, 6.07) is 4.92. The molecule has 1 unspecified atom stereocenters. The predicted octanol–water partition coefficient (Wildman–Crippen LogP) is 9.04. The van der Waals surface area contributed by atoms with Crippen molar-refractivity contribution in [1.29, 1.82) is 0 Å². The summed E-state index contributed by atoms with van der Waals surface area (Å²) in [6.45, 7) is 27.4. The van der Waals surface area contributed by atoms with Gasteiger partial charge in [0.2, 0.25) is 8.32 Å². The van der Waals surface area contributed by atoms with Crippen molar-refractivity contribution in [2.45, 2.75) is 104 Å². The summed E-state index contributed by atoms with van der Waals surface area (Å²) in [5.74, 6) is -0.222. The molecule has 0 aliphatic heterocycles. The van der Waals surface area contributed by atoms with Crippen LogP contribution in [0.1, 0.15) is 94.8 Å². The normalized spacial score (nSPS) is 15.8. The molecule has 0 amide bonds. The monoisotopic (exact) mass is 458 g/mol. The first-order valence-corrected chi connectivity index (χ1v) is 12.6. The summed E-state index contributed by atoms with van der Waals surface area (Å²) < 4.78 is 22.4. The first kappa shape index (κ1) is 24.8. The van der Waals surface area contributed by atoms with Gasteiger partial charge in [0.25, 0.3) is 0 Å². The van der Waals surface area contributed by atoms with Crippen LogP contribution in [0, 0.1) is 11.2 Å². The van der Waals surface area contributed by atoms with Crippen molar-refractivity contribution in [1.82, 2.24) is 0 Å². The highest BCUT2D eigenvalue weighted by molar-refractivity contribution is 9.10. The number of halogens is 2. The largest absolute Gasteiger partial charge is 0.408 e. The molecule has 4 heteroatoms. The predicted molar refractivity (Wildman–Crippen MR) is 122 cm³/mol. The molecule has 0 radical (unpaired) electrons. The number of rotatable bonds is 3. The summed E-state index contributed by atoms with van der Waals surface area (Å²) in [4.78, 5) is 0. The lowest BCUT2D eigenvalue weighted by Gasteiger charge is -2.60. The van der Waals surface area contributed by atoms with Crippen LogP contribution in [0.5, 0.6) is 0 Å². The quantitative estimate of drug-likeness (QED) is 0.410. The average Bonchev–Trinajstić information content (AvgIpc) is 2.36. The van der Waals surface area contributed by atoms with E-state index in [1.165, 1.54) is 6.07 Å². The molecule has 0 aromatic heterocycles. The smallest absolute Gasteiger partial charge is 0.209 e. The molecule has 1 atom stereocenters. The van der Waals surface area contributed by atoms with Gasteiger partial charge in [0, 0.05) is 4.47 Å². The zero-order chi connectivity index (χ0) is 21.6. The highest BCUT2D eigenvalue weighted by Crippen LogP contribution is 2.64. The third kappa shape index (κ3) is 4.87. The molecular weight excluding hydrogens is 419 g/mol. The van der Waals surface area contributed by atoms with E-state index >= 15 is 0 Å². The molecule has 0 aliphatic rings. The van der Waals surface area contributed by atoms with Gasteiger partial charge in [-0.3, -0.25) is 0 Å². The topological polar surface area (TPSA) is 9.23 Å². The number of hydrogen-bond donors (Lipinski definition) is 0. The lowest BCUT2D eigenvalue weighted by atomic mass is 9.85. The van der Waals surface area contributed by atoms with Crippen LogP contribution < -0.4 is 0 Å². The first-order valence-electron chi connectivity index (χ1n) is 9.88. The van der Waals surface area contributed by atoms with E-state index < -0.39 is 8.32 Å². The van der Waals surface area contributed by atoms with Gasteiger partial charge < -0.3 is 4.43 Å². The fourth-order valence-corrected chi connectivity index (χ4v) is 14.6. The number of hydrogen-bond acceptors (Lipinski definition) is 1. The summed E-state index contributed by atoms with van der Waals surface area (Å²) >= 11 is 3.65. The zero-order valence-corrected chi connectivity index (χ0v) is 22.1. The van der Waals surface area contributed by atoms with Crippen LogP contribution in [0.4, 0.5) is 4.39 Å². The van der Waals surface area contributed by atoms with Gasteiger partial charge in [-0.1, -0.05) is 99.0 Å². The molecular formula is C23H40BrFOSi. The van der Waals surface area contributed by atoms with E-state index in [1.807, 2.05) is 0 Å².